The van der Waals surface area contributed by atoms with Gasteiger partial charge in [-0.3, -0.25) is 4.79 Å². The van der Waals surface area contributed by atoms with Crippen molar-refractivity contribution in [3.05, 3.63) is 32.5 Å². The van der Waals surface area contributed by atoms with E-state index in [1.165, 1.54) is 17.0 Å². The molecule has 2 aromatic heterocycles. The molecule has 4 rings (SSSR count). The van der Waals surface area contributed by atoms with Gasteiger partial charge in [-0.15, -0.1) is 11.3 Å². The summed E-state index contributed by atoms with van der Waals surface area (Å²) < 4.78 is 0. The minimum absolute atomic E-state index is 0.147. The quantitative estimate of drug-likeness (QED) is 0.884. The number of rotatable bonds is 4. The van der Waals surface area contributed by atoms with E-state index >= 15 is 0 Å². The second kappa shape index (κ2) is 6.47. The average Bonchev–Trinajstić information content (AvgIpc) is 3.15. The van der Waals surface area contributed by atoms with Gasteiger partial charge in [0.05, 0.1) is 10.7 Å². The van der Waals surface area contributed by atoms with Crippen molar-refractivity contribution in [3.8, 4) is 0 Å². The molecule has 0 unspecified atom stereocenters. The highest BCUT2D eigenvalue weighted by atomic mass is 32.1. The van der Waals surface area contributed by atoms with Crippen LogP contribution in [0.2, 0.25) is 0 Å². The molecule has 24 heavy (non-hydrogen) atoms. The van der Waals surface area contributed by atoms with Gasteiger partial charge in [-0.25, -0.2) is 15.0 Å². The van der Waals surface area contributed by atoms with Crippen molar-refractivity contribution in [2.75, 3.05) is 12.3 Å². The number of carbonyl (C=O) groups excluding carboxylic acids is 1. The zero-order chi connectivity index (χ0) is 16.5. The Labute approximate surface area is 144 Å². The number of hydrogen-bond acceptors (Lipinski definition) is 6. The number of carbonyl (C=O) groups is 1. The molecule has 3 N–H and O–H groups in total. The number of anilines is 1. The van der Waals surface area contributed by atoms with E-state index < -0.39 is 0 Å². The van der Waals surface area contributed by atoms with E-state index in [1.807, 2.05) is 0 Å². The summed E-state index contributed by atoms with van der Waals surface area (Å²) in [6, 6.07) is 0. The molecule has 126 valence electrons. The number of thiazole rings is 1. The van der Waals surface area contributed by atoms with Crippen LogP contribution in [0.3, 0.4) is 0 Å². The van der Waals surface area contributed by atoms with E-state index in [4.69, 9.17) is 5.73 Å². The molecule has 0 radical (unpaired) electrons. The van der Waals surface area contributed by atoms with Crippen LogP contribution in [0.4, 0.5) is 5.95 Å². The lowest BCUT2D eigenvalue weighted by molar-refractivity contribution is 0.0947. The molecule has 7 heteroatoms. The van der Waals surface area contributed by atoms with Gasteiger partial charge >= 0.3 is 0 Å². The normalized spacial score (nSPS) is 15.8. The molecule has 2 heterocycles. The maximum absolute atomic E-state index is 12.5. The van der Waals surface area contributed by atoms with Crippen LogP contribution < -0.4 is 11.1 Å². The SMILES string of the molecule is Nc1nc2c(c(C(=O)NCCc3nc4c(s3)CCC4)n1)CCCC2. The summed E-state index contributed by atoms with van der Waals surface area (Å²) in [6.07, 6.45) is 8.17. The molecule has 2 aliphatic rings. The molecule has 2 aromatic rings. The number of amides is 1. The molecule has 0 atom stereocenters. The topological polar surface area (TPSA) is 93.8 Å². The smallest absolute Gasteiger partial charge is 0.270 e. The molecule has 0 saturated carbocycles. The van der Waals surface area contributed by atoms with Crippen LogP contribution in [0.25, 0.3) is 0 Å². The first kappa shape index (κ1) is 15.5. The van der Waals surface area contributed by atoms with Crippen LogP contribution in [-0.2, 0) is 32.1 Å². The number of nitrogens with one attached hydrogen (secondary N) is 1. The highest BCUT2D eigenvalue weighted by Gasteiger charge is 2.22. The van der Waals surface area contributed by atoms with Gasteiger partial charge in [0.15, 0.2) is 0 Å². The summed E-state index contributed by atoms with van der Waals surface area (Å²) in [5.41, 5.74) is 9.40. The predicted molar refractivity (Wildman–Crippen MR) is 93.3 cm³/mol. The minimum Gasteiger partial charge on any atom is -0.368 e. The number of nitrogen functional groups attached to an aromatic ring is 1. The van der Waals surface area contributed by atoms with E-state index in [0.29, 0.717) is 12.2 Å². The fourth-order valence-electron chi connectivity index (χ4n) is 3.52. The molecule has 1 amide bonds. The highest BCUT2D eigenvalue weighted by Crippen LogP contribution is 2.27. The Morgan fingerprint density at radius 3 is 2.75 bits per heavy atom. The zero-order valence-corrected chi connectivity index (χ0v) is 14.4. The van der Waals surface area contributed by atoms with Crippen molar-refractivity contribution in [2.24, 2.45) is 0 Å². The summed E-state index contributed by atoms with van der Waals surface area (Å²) in [7, 11) is 0. The Morgan fingerprint density at radius 1 is 1.04 bits per heavy atom. The van der Waals surface area contributed by atoms with Crippen molar-refractivity contribution in [1.82, 2.24) is 20.3 Å². The van der Waals surface area contributed by atoms with Gasteiger partial charge in [-0.05, 0) is 44.9 Å². The predicted octanol–water partition coefficient (Wildman–Crippen LogP) is 1.86. The Bertz CT molecular complexity index is 764. The van der Waals surface area contributed by atoms with Crippen molar-refractivity contribution in [2.45, 2.75) is 51.4 Å². The molecular weight excluding hydrogens is 322 g/mol. The molecule has 0 spiro atoms. The number of hydrogen-bond donors (Lipinski definition) is 2. The van der Waals surface area contributed by atoms with Gasteiger partial charge in [-0.1, -0.05) is 0 Å². The second-order valence-electron chi connectivity index (χ2n) is 6.40. The van der Waals surface area contributed by atoms with E-state index in [2.05, 4.69) is 20.3 Å². The van der Waals surface area contributed by atoms with Crippen LogP contribution >= 0.6 is 11.3 Å². The van der Waals surface area contributed by atoms with Crippen molar-refractivity contribution < 1.29 is 4.79 Å². The van der Waals surface area contributed by atoms with Gasteiger partial charge in [0, 0.05) is 29.1 Å². The van der Waals surface area contributed by atoms with Crippen LogP contribution in [0.5, 0.6) is 0 Å². The van der Waals surface area contributed by atoms with E-state index in [9.17, 15) is 4.79 Å². The summed E-state index contributed by atoms with van der Waals surface area (Å²) >= 11 is 1.79. The molecule has 0 aliphatic heterocycles. The number of nitrogens with zero attached hydrogens (tertiary/aromatic N) is 3. The largest absolute Gasteiger partial charge is 0.368 e. The summed E-state index contributed by atoms with van der Waals surface area (Å²) in [6.45, 7) is 0.573. The van der Waals surface area contributed by atoms with E-state index in [-0.39, 0.29) is 11.9 Å². The third kappa shape index (κ3) is 3.00. The van der Waals surface area contributed by atoms with Crippen LogP contribution in [-0.4, -0.2) is 27.4 Å². The second-order valence-corrected chi connectivity index (χ2v) is 7.57. The maximum atomic E-state index is 12.5. The van der Waals surface area contributed by atoms with Crippen LogP contribution in [0, 0.1) is 0 Å². The zero-order valence-electron chi connectivity index (χ0n) is 13.6. The Kier molecular flexibility index (Phi) is 4.18. The molecule has 0 aromatic carbocycles. The lowest BCUT2D eigenvalue weighted by Gasteiger charge is -2.17. The molecule has 0 fully saturated rings. The lowest BCUT2D eigenvalue weighted by atomic mass is 9.94. The Morgan fingerprint density at radius 2 is 1.88 bits per heavy atom. The molecule has 2 aliphatic carbocycles. The third-order valence-corrected chi connectivity index (χ3v) is 5.90. The van der Waals surface area contributed by atoms with Crippen molar-refractivity contribution in [1.29, 1.82) is 0 Å². The Balaban J connectivity index is 1.41. The van der Waals surface area contributed by atoms with Crippen LogP contribution in [0.1, 0.15) is 56.6 Å². The number of nitrogens with two attached hydrogens (primary N) is 1. The standard InChI is InChI=1S/C17H21N5OS/c18-17-21-11-5-2-1-4-10(11)15(22-17)16(23)19-9-8-14-20-12-6-3-7-13(12)24-14/h1-9H2,(H,19,23)(H2,18,21,22). The fraction of sp³-hybridized carbons (Fsp3) is 0.529. The fourth-order valence-corrected chi connectivity index (χ4v) is 4.67. The third-order valence-electron chi connectivity index (χ3n) is 4.68. The first-order chi connectivity index (χ1) is 11.7. The van der Waals surface area contributed by atoms with Gasteiger partial charge in [0.2, 0.25) is 5.95 Å². The van der Waals surface area contributed by atoms with Crippen LogP contribution in [0.15, 0.2) is 0 Å². The molecule has 0 saturated heterocycles. The lowest BCUT2D eigenvalue weighted by Crippen LogP contribution is -2.29. The summed E-state index contributed by atoms with van der Waals surface area (Å²) in [5.74, 6) is 0.0449. The average molecular weight is 343 g/mol. The monoisotopic (exact) mass is 343 g/mol. The number of aryl methyl sites for hydroxylation is 3. The van der Waals surface area contributed by atoms with Crippen molar-refractivity contribution in [3.63, 3.8) is 0 Å². The minimum atomic E-state index is -0.147. The Hall–Kier alpha value is -2.02. The van der Waals surface area contributed by atoms with Gasteiger partial charge in [0.25, 0.3) is 5.91 Å². The summed E-state index contributed by atoms with van der Waals surface area (Å²) in [5, 5.41) is 4.09. The molecule has 6 nitrogen and oxygen atoms in total. The van der Waals surface area contributed by atoms with E-state index in [0.717, 1.165) is 61.2 Å². The molecule has 0 bridgehead atoms. The molecular formula is C17H21N5OS. The first-order valence-corrected chi connectivity index (χ1v) is 9.43. The van der Waals surface area contributed by atoms with Gasteiger partial charge in [0.1, 0.15) is 5.69 Å². The number of aromatic nitrogens is 3. The highest BCUT2D eigenvalue weighted by molar-refractivity contribution is 7.11. The summed E-state index contributed by atoms with van der Waals surface area (Å²) in [4.78, 5) is 27.1. The van der Waals surface area contributed by atoms with E-state index in [1.54, 1.807) is 11.3 Å². The van der Waals surface area contributed by atoms with Crippen molar-refractivity contribution >= 4 is 23.2 Å². The van der Waals surface area contributed by atoms with Gasteiger partial charge in [-0.2, -0.15) is 0 Å². The number of fused-ring (bicyclic) bond motifs is 2. The van der Waals surface area contributed by atoms with Gasteiger partial charge < -0.3 is 11.1 Å². The maximum Gasteiger partial charge on any atom is 0.270 e. The first-order valence-electron chi connectivity index (χ1n) is 8.61.